The molecule has 10 heteroatoms. The summed E-state index contributed by atoms with van der Waals surface area (Å²) < 4.78 is 48.2. The van der Waals surface area contributed by atoms with Crippen molar-refractivity contribution in [3.63, 3.8) is 0 Å². The topological polar surface area (TPSA) is 102 Å². The first kappa shape index (κ1) is 21.6. The molecule has 7 nitrogen and oxygen atoms in total. The number of anilines is 2. The van der Waals surface area contributed by atoms with E-state index in [-0.39, 0.29) is 17.2 Å². The van der Waals surface area contributed by atoms with E-state index in [9.17, 15) is 18.0 Å². The largest absolute Gasteiger partial charge is 0.387 e. The Balaban J connectivity index is 1.96. The van der Waals surface area contributed by atoms with E-state index in [0.29, 0.717) is 5.69 Å². The highest BCUT2D eigenvalue weighted by molar-refractivity contribution is 6.03. The number of hydrogen-bond acceptors (Lipinski definition) is 6. The van der Waals surface area contributed by atoms with Crippen molar-refractivity contribution in [1.82, 2.24) is 4.98 Å². The van der Waals surface area contributed by atoms with E-state index in [4.69, 9.17) is 10.5 Å². The number of nitrogens with zero attached hydrogens (tertiary/aromatic N) is 2. The van der Waals surface area contributed by atoms with Crippen LogP contribution in [-0.4, -0.2) is 42.4 Å². The Morgan fingerprint density at radius 3 is 2.50 bits per heavy atom. The van der Waals surface area contributed by atoms with Crippen LogP contribution in [0.25, 0.3) is 0 Å². The predicted molar refractivity (Wildman–Crippen MR) is 107 cm³/mol. The summed E-state index contributed by atoms with van der Waals surface area (Å²) in [4.78, 5) is 20.4. The van der Waals surface area contributed by atoms with Gasteiger partial charge in [0.2, 0.25) is 0 Å². The van der Waals surface area contributed by atoms with Crippen molar-refractivity contribution in [1.29, 1.82) is 0 Å². The molecular weight excluding hydrogens is 399 g/mol. The molecule has 0 bridgehead atoms. The van der Waals surface area contributed by atoms with Gasteiger partial charge >= 0.3 is 0 Å². The Kier molecular flexibility index (Phi) is 5.71. The van der Waals surface area contributed by atoms with Crippen molar-refractivity contribution in [3.05, 3.63) is 53.6 Å². The van der Waals surface area contributed by atoms with Crippen molar-refractivity contribution in [2.75, 3.05) is 24.3 Å². The lowest BCUT2D eigenvalue weighted by Gasteiger charge is -2.40. The number of rotatable bonds is 5. The number of aliphatic imine (C=N–C) groups is 1. The molecule has 3 rings (SSSR count). The van der Waals surface area contributed by atoms with Gasteiger partial charge in [-0.2, -0.15) is 0 Å². The first-order valence-electron chi connectivity index (χ1n) is 9.12. The van der Waals surface area contributed by atoms with Crippen LogP contribution in [-0.2, 0) is 10.3 Å². The third kappa shape index (κ3) is 3.95. The molecule has 1 amide bonds. The first-order chi connectivity index (χ1) is 14.1. The van der Waals surface area contributed by atoms with Crippen molar-refractivity contribution in [2.45, 2.75) is 31.4 Å². The maximum Gasteiger partial charge on any atom is 0.274 e. The average molecular weight is 421 g/mol. The van der Waals surface area contributed by atoms with Gasteiger partial charge in [-0.3, -0.25) is 4.79 Å². The summed E-state index contributed by atoms with van der Waals surface area (Å²) >= 11 is 0. The minimum Gasteiger partial charge on any atom is -0.387 e. The number of amides is 1. The molecule has 0 saturated heterocycles. The SMILES string of the molecule is CNc1ccc(C(=O)Nc2ccc(F)c(C3(C(F)F)COC(C)(C)C(N)=N3)c2)nc1. The van der Waals surface area contributed by atoms with Gasteiger partial charge in [-0.05, 0) is 44.2 Å². The van der Waals surface area contributed by atoms with Gasteiger partial charge < -0.3 is 21.1 Å². The number of nitrogens with two attached hydrogens (primary N) is 1. The second-order valence-electron chi connectivity index (χ2n) is 7.35. The number of aromatic nitrogens is 1. The number of ether oxygens (including phenoxy) is 1. The number of hydrogen-bond donors (Lipinski definition) is 3. The maximum atomic E-state index is 14.6. The van der Waals surface area contributed by atoms with Gasteiger partial charge in [0, 0.05) is 18.3 Å². The minimum atomic E-state index is -3.09. The molecule has 160 valence electrons. The smallest absolute Gasteiger partial charge is 0.274 e. The van der Waals surface area contributed by atoms with E-state index in [1.54, 1.807) is 27.0 Å². The van der Waals surface area contributed by atoms with Gasteiger partial charge in [-0.25, -0.2) is 23.1 Å². The first-order valence-corrected chi connectivity index (χ1v) is 9.12. The molecule has 0 radical (unpaired) electrons. The number of benzene rings is 1. The minimum absolute atomic E-state index is 0.105. The highest BCUT2D eigenvalue weighted by atomic mass is 19.3. The predicted octanol–water partition coefficient (Wildman–Crippen LogP) is 3.14. The molecule has 1 aliphatic heterocycles. The molecule has 4 N–H and O–H groups in total. The molecule has 30 heavy (non-hydrogen) atoms. The summed E-state index contributed by atoms with van der Waals surface area (Å²) in [6.07, 6.45) is -1.63. The van der Waals surface area contributed by atoms with Crippen LogP contribution < -0.4 is 16.4 Å². The average Bonchev–Trinajstić information content (AvgIpc) is 2.71. The van der Waals surface area contributed by atoms with Gasteiger partial charge in [-0.1, -0.05) is 0 Å². The third-order valence-electron chi connectivity index (χ3n) is 4.93. The number of amidine groups is 1. The normalized spacial score (nSPS) is 20.6. The summed E-state index contributed by atoms with van der Waals surface area (Å²) in [5, 5.41) is 5.41. The van der Waals surface area contributed by atoms with Crippen LogP contribution in [0.5, 0.6) is 0 Å². The fraction of sp³-hybridized carbons (Fsp3) is 0.350. The van der Waals surface area contributed by atoms with Gasteiger partial charge in [0.05, 0.1) is 18.5 Å². The van der Waals surface area contributed by atoms with Crippen LogP contribution in [0, 0.1) is 5.82 Å². The Bertz CT molecular complexity index is 979. The fourth-order valence-electron chi connectivity index (χ4n) is 2.92. The highest BCUT2D eigenvalue weighted by Crippen LogP contribution is 2.40. The summed E-state index contributed by atoms with van der Waals surface area (Å²) in [6, 6.07) is 6.51. The van der Waals surface area contributed by atoms with E-state index in [1.165, 1.54) is 18.3 Å². The lowest BCUT2D eigenvalue weighted by Crippen LogP contribution is -2.53. The summed E-state index contributed by atoms with van der Waals surface area (Å²) in [7, 11) is 1.71. The Morgan fingerprint density at radius 1 is 1.23 bits per heavy atom. The molecular formula is C20H22F3N5O2. The van der Waals surface area contributed by atoms with Gasteiger partial charge in [0.15, 0.2) is 5.54 Å². The van der Waals surface area contributed by atoms with E-state index >= 15 is 0 Å². The fourth-order valence-corrected chi connectivity index (χ4v) is 2.92. The zero-order valence-corrected chi connectivity index (χ0v) is 16.7. The van der Waals surface area contributed by atoms with Crippen LogP contribution in [0.4, 0.5) is 24.5 Å². The summed E-state index contributed by atoms with van der Waals surface area (Å²) in [5.74, 6) is -1.66. The van der Waals surface area contributed by atoms with Crippen molar-refractivity contribution in [3.8, 4) is 0 Å². The molecule has 2 aromatic rings. The van der Waals surface area contributed by atoms with E-state index in [1.807, 2.05) is 0 Å². The van der Waals surface area contributed by atoms with Crippen LogP contribution in [0.2, 0.25) is 0 Å². The summed E-state index contributed by atoms with van der Waals surface area (Å²) in [5.41, 5.74) is 2.95. The van der Waals surface area contributed by atoms with Gasteiger partial charge in [0.1, 0.15) is 22.9 Å². The second kappa shape index (κ2) is 7.94. The van der Waals surface area contributed by atoms with E-state index in [2.05, 4.69) is 20.6 Å². The zero-order valence-electron chi connectivity index (χ0n) is 16.7. The number of halogens is 3. The lowest BCUT2D eigenvalue weighted by atomic mass is 9.88. The molecule has 1 aromatic carbocycles. The molecule has 1 atom stereocenters. The molecule has 1 unspecified atom stereocenters. The van der Waals surface area contributed by atoms with Crippen LogP contribution >= 0.6 is 0 Å². The summed E-state index contributed by atoms with van der Waals surface area (Å²) in [6.45, 7) is 2.60. The second-order valence-corrected chi connectivity index (χ2v) is 7.35. The van der Waals surface area contributed by atoms with Crippen LogP contribution in [0.1, 0.15) is 29.9 Å². The Labute approximate surface area is 171 Å². The molecule has 1 aliphatic rings. The highest BCUT2D eigenvalue weighted by Gasteiger charge is 2.49. The van der Waals surface area contributed by atoms with Crippen molar-refractivity contribution < 1.29 is 22.7 Å². The molecule has 0 spiro atoms. The number of carbonyl (C=O) groups is 1. The molecule has 0 fully saturated rings. The maximum absolute atomic E-state index is 14.6. The quantitative estimate of drug-likeness (QED) is 0.689. The van der Waals surface area contributed by atoms with Crippen LogP contribution in [0.3, 0.4) is 0 Å². The number of pyridine rings is 1. The van der Waals surface area contributed by atoms with Gasteiger partial charge in [-0.15, -0.1) is 0 Å². The van der Waals surface area contributed by atoms with Crippen molar-refractivity contribution in [2.24, 2.45) is 10.7 Å². The zero-order chi connectivity index (χ0) is 22.1. The Hall–Kier alpha value is -3.14. The van der Waals surface area contributed by atoms with E-state index < -0.39 is 41.5 Å². The number of carbonyl (C=O) groups excluding carboxylic acids is 1. The molecule has 0 aliphatic carbocycles. The molecule has 2 heterocycles. The van der Waals surface area contributed by atoms with Crippen molar-refractivity contribution >= 4 is 23.1 Å². The Morgan fingerprint density at radius 2 is 1.93 bits per heavy atom. The monoisotopic (exact) mass is 421 g/mol. The number of alkyl halides is 2. The molecule has 0 saturated carbocycles. The van der Waals surface area contributed by atoms with E-state index in [0.717, 1.165) is 12.1 Å². The number of nitrogens with one attached hydrogen (secondary N) is 2. The van der Waals surface area contributed by atoms with Gasteiger partial charge in [0.25, 0.3) is 12.3 Å². The van der Waals surface area contributed by atoms with Crippen LogP contribution in [0.15, 0.2) is 41.5 Å². The third-order valence-corrected chi connectivity index (χ3v) is 4.93. The molecule has 1 aromatic heterocycles. The standard InChI is InChI=1S/C20H22F3N5O2/c1-19(2)18(24)28-20(10-30-19,17(22)23)13-8-11(4-6-14(13)21)27-16(29)15-7-5-12(25-3)9-26-15/h4-9,17,25H,10H2,1-3H3,(H2,24,28)(H,27,29). The lowest BCUT2D eigenvalue weighted by molar-refractivity contribution is -0.0662.